The molecule has 8 heteroatoms. The molecule has 6 N–H and O–H groups in total. The lowest BCUT2D eigenvalue weighted by Crippen LogP contribution is -2.38. The fraction of sp³-hybridized carbons (Fsp3) is 0.550. The van der Waals surface area contributed by atoms with E-state index in [1.807, 2.05) is 24.3 Å². The van der Waals surface area contributed by atoms with Gasteiger partial charge in [-0.25, -0.2) is 10.4 Å². The molecule has 1 aliphatic heterocycles. The van der Waals surface area contributed by atoms with E-state index in [0.29, 0.717) is 37.1 Å². The molecule has 1 unspecified atom stereocenters. The first-order valence-corrected chi connectivity index (χ1v) is 10.1. The molecule has 1 saturated carbocycles. The van der Waals surface area contributed by atoms with Gasteiger partial charge in [0.25, 0.3) is 0 Å². The summed E-state index contributed by atoms with van der Waals surface area (Å²) in [7, 11) is 0. The van der Waals surface area contributed by atoms with E-state index < -0.39 is 0 Å². The molecule has 28 heavy (non-hydrogen) atoms. The minimum atomic E-state index is 0.464. The standard InChI is InChI=1S/C20H31N7O/c21-17-8-2-1-7-16(17)20(24-10-4-9-22-11-12-23-14-28)25-19-13-18(26-27-19)15-5-3-6-15/h1-2,7-8,14-15,18,22,26H,3-6,9-13,21H2,(H,23,28)(H,24,25,27). The number of nitrogens with one attached hydrogen (secondary N) is 4. The zero-order chi connectivity index (χ0) is 19.6. The van der Waals surface area contributed by atoms with Crippen LogP contribution in [0.3, 0.4) is 0 Å². The van der Waals surface area contributed by atoms with Gasteiger partial charge in [0.15, 0.2) is 5.84 Å². The maximum absolute atomic E-state index is 10.2. The van der Waals surface area contributed by atoms with E-state index in [4.69, 9.17) is 15.7 Å². The lowest BCUT2D eigenvalue weighted by atomic mass is 9.79. The van der Waals surface area contributed by atoms with Gasteiger partial charge in [0.2, 0.25) is 6.41 Å². The summed E-state index contributed by atoms with van der Waals surface area (Å²) < 4.78 is 0. The van der Waals surface area contributed by atoms with Gasteiger partial charge in [-0.3, -0.25) is 9.79 Å². The average molecular weight is 386 g/mol. The molecule has 1 heterocycles. The third-order valence-corrected chi connectivity index (χ3v) is 5.28. The number of anilines is 1. The number of amidine groups is 2. The predicted octanol–water partition coefficient (Wildman–Crippen LogP) is 0.806. The van der Waals surface area contributed by atoms with Crippen LogP contribution in [0.2, 0.25) is 0 Å². The number of nitrogens with two attached hydrogens (primary N) is 1. The number of carbonyl (C=O) groups excluding carboxylic acids is 1. The molecule has 1 amide bonds. The van der Waals surface area contributed by atoms with Crippen molar-refractivity contribution in [3.63, 3.8) is 0 Å². The fourth-order valence-corrected chi connectivity index (χ4v) is 3.43. The molecule has 0 aromatic heterocycles. The van der Waals surface area contributed by atoms with Crippen molar-refractivity contribution < 1.29 is 4.79 Å². The van der Waals surface area contributed by atoms with E-state index >= 15 is 0 Å². The number of carbonyl (C=O) groups is 1. The highest BCUT2D eigenvalue weighted by Crippen LogP contribution is 2.32. The highest BCUT2D eigenvalue weighted by Gasteiger charge is 2.32. The van der Waals surface area contributed by atoms with Crippen LogP contribution in [0.5, 0.6) is 0 Å². The van der Waals surface area contributed by atoms with Crippen LogP contribution in [-0.4, -0.2) is 50.3 Å². The minimum absolute atomic E-state index is 0.464. The maximum atomic E-state index is 10.2. The number of benzene rings is 1. The van der Waals surface area contributed by atoms with Crippen molar-refractivity contribution in [1.82, 2.24) is 21.5 Å². The summed E-state index contributed by atoms with van der Waals surface area (Å²) in [6.45, 7) is 2.88. The van der Waals surface area contributed by atoms with Crippen LogP contribution in [0.1, 0.15) is 37.7 Å². The van der Waals surface area contributed by atoms with Gasteiger partial charge >= 0.3 is 0 Å². The Bertz CT molecular complexity index is 700. The fourth-order valence-electron chi connectivity index (χ4n) is 3.43. The summed E-state index contributed by atoms with van der Waals surface area (Å²) in [4.78, 5) is 19.7. The molecule has 1 aromatic rings. The molecule has 152 valence electrons. The molecule has 1 saturated heterocycles. The number of aliphatic imine (C=N–C) groups is 2. The summed E-state index contributed by atoms with van der Waals surface area (Å²) in [5, 5.41) is 5.91. The topological polar surface area (TPSA) is 116 Å². The van der Waals surface area contributed by atoms with E-state index in [2.05, 4.69) is 21.5 Å². The second-order valence-electron chi connectivity index (χ2n) is 7.30. The lowest BCUT2D eigenvalue weighted by Gasteiger charge is -2.30. The van der Waals surface area contributed by atoms with Gasteiger partial charge in [-0.05, 0) is 43.9 Å². The van der Waals surface area contributed by atoms with Crippen LogP contribution in [0.15, 0.2) is 34.3 Å². The van der Waals surface area contributed by atoms with Crippen molar-refractivity contribution in [2.45, 2.75) is 38.1 Å². The SMILES string of the molecule is Nc1ccccc1C(N=C1CC(C2CCC2)NN1)=NCCCNCCNC=O. The quantitative estimate of drug-likeness (QED) is 0.134. The van der Waals surface area contributed by atoms with Gasteiger partial charge < -0.3 is 21.8 Å². The molecule has 8 nitrogen and oxygen atoms in total. The highest BCUT2D eigenvalue weighted by molar-refractivity contribution is 6.09. The largest absolute Gasteiger partial charge is 0.398 e. The van der Waals surface area contributed by atoms with E-state index in [1.54, 1.807) is 0 Å². The summed E-state index contributed by atoms with van der Waals surface area (Å²) in [5.74, 6) is 2.36. The van der Waals surface area contributed by atoms with Crippen molar-refractivity contribution in [1.29, 1.82) is 0 Å². The van der Waals surface area contributed by atoms with E-state index in [0.717, 1.165) is 43.2 Å². The Morgan fingerprint density at radius 2 is 2.11 bits per heavy atom. The molecule has 1 atom stereocenters. The van der Waals surface area contributed by atoms with Crippen molar-refractivity contribution in [3.8, 4) is 0 Å². The first kappa shape index (κ1) is 20.3. The van der Waals surface area contributed by atoms with Gasteiger partial charge in [0, 0.05) is 43.3 Å². The van der Waals surface area contributed by atoms with Gasteiger partial charge in [-0.15, -0.1) is 0 Å². The molecule has 1 aromatic carbocycles. The molecule has 0 radical (unpaired) electrons. The van der Waals surface area contributed by atoms with Crippen molar-refractivity contribution in [2.24, 2.45) is 15.9 Å². The monoisotopic (exact) mass is 385 g/mol. The Morgan fingerprint density at radius 1 is 1.25 bits per heavy atom. The summed E-state index contributed by atoms with van der Waals surface area (Å²) >= 11 is 0. The van der Waals surface area contributed by atoms with E-state index in [-0.39, 0.29) is 0 Å². The Balaban J connectivity index is 1.59. The van der Waals surface area contributed by atoms with Crippen LogP contribution in [0, 0.1) is 5.92 Å². The lowest BCUT2D eigenvalue weighted by molar-refractivity contribution is -0.109. The number of amides is 1. The number of nitrogen functional groups attached to an aromatic ring is 1. The second-order valence-corrected chi connectivity index (χ2v) is 7.30. The van der Waals surface area contributed by atoms with Crippen LogP contribution >= 0.6 is 0 Å². The van der Waals surface area contributed by atoms with Crippen molar-refractivity contribution in [2.75, 3.05) is 31.9 Å². The molecular weight excluding hydrogens is 354 g/mol. The van der Waals surface area contributed by atoms with Gasteiger partial charge in [-0.1, -0.05) is 18.6 Å². The number of hydrazine groups is 1. The molecule has 0 bridgehead atoms. The number of para-hydroxylation sites is 1. The summed E-state index contributed by atoms with van der Waals surface area (Å²) in [6.07, 6.45) is 6.44. The van der Waals surface area contributed by atoms with Gasteiger partial charge in [-0.2, -0.15) is 0 Å². The van der Waals surface area contributed by atoms with Gasteiger partial charge in [0.1, 0.15) is 5.84 Å². The second kappa shape index (κ2) is 10.8. The van der Waals surface area contributed by atoms with Crippen molar-refractivity contribution in [3.05, 3.63) is 29.8 Å². The van der Waals surface area contributed by atoms with E-state index in [9.17, 15) is 4.79 Å². The smallest absolute Gasteiger partial charge is 0.207 e. The zero-order valence-corrected chi connectivity index (χ0v) is 16.3. The minimum Gasteiger partial charge on any atom is -0.398 e. The third kappa shape index (κ3) is 5.77. The predicted molar refractivity (Wildman–Crippen MR) is 113 cm³/mol. The Hall–Kier alpha value is -2.45. The van der Waals surface area contributed by atoms with Crippen LogP contribution in [-0.2, 0) is 4.79 Å². The van der Waals surface area contributed by atoms with E-state index in [1.165, 1.54) is 19.3 Å². The molecular formula is C20H31N7O. The number of hydrogen-bond acceptors (Lipinski definition) is 5. The molecule has 3 rings (SSSR count). The normalized spacial score (nSPS) is 21.4. The first-order valence-electron chi connectivity index (χ1n) is 10.1. The van der Waals surface area contributed by atoms with Crippen LogP contribution in [0.4, 0.5) is 5.69 Å². The number of hydrogen-bond donors (Lipinski definition) is 5. The molecule has 2 aliphatic rings. The Labute approximate surface area is 166 Å². The molecule has 2 fully saturated rings. The third-order valence-electron chi connectivity index (χ3n) is 5.28. The van der Waals surface area contributed by atoms with Crippen LogP contribution in [0.25, 0.3) is 0 Å². The average Bonchev–Trinajstić information content (AvgIpc) is 3.10. The zero-order valence-electron chi connectivity index (χ0n) is 16.3. The molecule has 0 spiro atoms. The van der Waals surface area contributed by atoms with Crippen molar-refractivity contribution >= 4 is 23.8 Å². The highest BCUT2D eigenvalue weighted by atomic mass is 16.1. The van der Waals surface area contributed by atoms with Gasteiger partial charge in [0.05, 0.1) is 0 Å². The first-order chi connectivity index (χ1) is 13.8. The Morgan fingerprint density at radius 3 is 2.86 bits per heavy atom. The maximum Gasteiger partial charge on any atom is 0.207 e. The molecule has 1 aliphatic carbocycles. The number of rotatable bonds is 10. The summed E-state index contributed by atoms with van der Waals surface area (Å²) in [6, 6.07) is 8.19. The van der Waals surface area contributed by atoms with Crippen LogP contribution < -0.4 is 27.2 Å². The summed E-state index contributed by atoms with van der Waals surface area (Å²) in [5.41, 5.74) is 14.3. The number of nitrogens with zero attached hydrogens (tertiary/aromatic N) is 2. The Kier molecular flexibility index (Phi) is 7.81.